The predicted octanol–water partition coefficient (Wildman–Crippen LogP) is 4.85. The highest BCUT2D eigenvalue weighted by Crippen LogP contribution is 2.34. The van der Waals surface area contributed by atoms with Crippen LogP contribution in [0.4, 0.5) is 0 Å². The van der Waals surface area contributed by atoms with Gasteiger partial charge in [0.2, 0.25) is 0 Å². The van der Waals surface area contributed by atoms with E-state index in [1.165, 1.54) is 10.9 Å². The van der Waals surface area contributed by atoms with Crippen molar-refractivity contribution in [1.82, 2.24) is 9.66 Å². The fourth-order valence-electron chi connectivity index (χ4n) is 3.95. The monoisotopic (exact) mass is 485 g/mol. The maximum atomic E-state index is 13.6. The number of carboxylic acid groups (broad SMARTS) is 1. The van der Waals surface area contributed by atoms with Crippen LogP contribution >= 0.6 is 0 Å². The Balaban J connectivity index is 1.93. The lowest BCUT2D eigenvalue weighted by molar-refractivity contribution is -0.139. The summed E-state index contributed by atoms with van der Waals surface area (Å²) in [4.78, 5) is 29.4. The van der Waals surface area contributed by atoms with Gasteiger partial charge in [0.05, 0.1) is 24.2 Å². The minimum atomic E-state index is -1.09. The molecule has 1 heterocycles. The third-order valence-corrected chi connectivity index (χ3v) is 5.78. The van der Waals surface area contributed by atoms with Crippen LogP contribution in [0.25, 0.3) is 22.3 Å². The van der Waals surface area contributed by atoms with Crippen LogP contribution in [0.5, 0.6) is 11.5 Å². The van der Waals surface area contributed by atoms with E-state index in [2.05, 4.69) is 18.9 Å². The smallest absolute Gasteiger partial charge is 0.341 e. The van der Waals surface area contributed by atoms with Gasteiger partial charge in [-0.25, -0.2) is 9.78 Å². The van der Waals surface area contributed by atoms with Crippen LogP contribution in [0.3, 0.4) is 0 Å². The number of aromatic nitrogens is 2. The molecule has 0 saturated heterocycles. The van der Waals surface area contributed by atoms with Crippen LogP contribution in [-0.4, -0.2) is 40.7 Å². The summed E-state index contributed by atoms with van der Waals surface area (Å²) in [5, 5.41) is 13.9. The Morgan fingerprint density at radius 2 is 1.83 bits per heavy atom. The summed E-state index contributed by atoms with van der Waals surface area (Å²) in [6.45, 7) is 5.59. The van der Waals surface area contributed by atoms with Gasteiger partial charge in [0, 0.05) is 11.1 Å². The van der Waals surface area contributed by atoms with E-state index in [0.717, 1.165) is 22.4 Å². The van der Waals surface area contributed by atoms with Crippen LogP contribution in [0.2, 0.25) is 0 Å². The third-order valence-electron chi connectivity index (χ3n) is 5.78. The molecule has 0 bridgehead atoms. The Labute approximate surface area is 208 Å². The van der Waals surface area contributed by atoms with Gasteiger partial charge in [-0.2, -0.15) is 9.78 Å². The molecule has 0 spiro atoms. The first-order chi connectivity index (χ1) is 17.3. The molecule has 36 heavy (non-hydrogen) atoms. The molecule has 0 saturated carbocycles. The van der Waals surface area contributed by atoms with Crippen molar-refractivity contribution in [2.75, 3.05) is 13.7 Å². The second-order valence-electron chi connectivity index (χ2n) is 8.60. The number of rotatable bonds is 8. The molecule has 1 N–H and O–H groups in total. The molecule has 0 aliphatic rings. The molecule has 0 radical (unpaired) electrons. The molecule has 4 aromatic rings. The highest BCUT2D eigenvalue weighted by molar-refractivity contribution is 5.85. The average Bonchev–Trinajstić information content (AvgIpc) is 2.87. The van der Waals surface area contributed by atoms with E-state index in [9.17, 15) is 9.59 Å². The summed E-state index contributed by atoms with van der Waals surface area (Å²) in [6, 6.07) is 17.9. The third kappa shape index (κ3) is 4.98. The van der Waals surface area contributed by atoms with Gasteiger partial charge in [-0.15, -0.1) is 0 Å². The normalized spacial score (nSPS) is 11.4. The summed E-state index contributed by atoms with van der Waals surface area (Å²) < 4.78 is 12.2. The molecule has 8 heteroatoms. The van der Waals surface area contributed by atoms with Gasteiger partial charge < -0.3 is 14.6 Å². The zero-order valence-electron chi connectivity index (χ0n) is 20.6. The van der Waals surface area contributed by atoms with E-state index in [-0.39, 0.29) is 11.5 Å². The number of carboxylic acids is 1. The number of aryl methyl sites for hydroxylation is 1. The molecule has 184 valence electrons. The number of aliphatic carboxylic acids is 1. The summed E-state index contributed by atoms with van der Waals surface area (Å²) in [5.74, 6) is 0.598. The largest absolute Gasteiger partial charge is 0.496 e. The lowest BCUT2D eigenvalue weighted by Crippen LogP contribution is -2.21. The molecule has 4 rings (SSSR count). The van der Waals surface area contributed by atoms with Crippen LogP contribution < -0.4 is 15.0 Å². The molecular formula is C28H27N3O5. The molecule has 0 unspecified atom stereocenters. The van der Waals surface area contributed by atoms with Crippen molar-refractivity contribution in [3.63, 3.8) is 0 Å². The zero-order valence-corrected chi connectivity index (χ0v) is 20.6. The predicted molar refractivity (Wildman–Crippen MR) is 139 cm³/mol. The van der Waals surface area contributed by atoms with Gasteiger partial charge in [-0.3, -0.25) is 4.79 Å². The van der Waals surface area contributed by atoms with E-state index in [0.29, 0.717) is 28.0 Å². The summed E-state index contributed by atoms with van der Waals surface area (Å²) in [6.07, 6.45) is 1.47. The second-order valence-corrected chi connectivity index (χ2v) is 8.60. The second kappa shape index (κ2) is 10.4. The van der Waals surface area contributed by atoms with Crippen LogP contribution in [0.1, 0.15) is 36.5 Å². The Bertz CT molecular complexity index is 1520. The molecule has 3 aromatic carbocycles. The Morgan fingerprint density at radius 1 is 1.11 bits per heavy atom. The number of benzene rings is 3. The lowest BCUT2D eigenvalue weighted by atomic mass is 9.96. The number of hydrogen-bond donors (Lipinski definition) is 1. The average molecular weight is 486 g/mol. The first-order valence-electron chi connectivity index (χ1n) is 11.5. The summed E-state index contributed by atoms with van der Waals surface area (Å²) in [7, 11) is 1.64. The van der Waals surface area contributed by atoms with Gasteiger partial charge in [-0.1, -0.05) is 38.1 Å². The van der Waals surface area contributed by atoms with E-state index < -0.39 is 12.6 Å². The van der Waals surface area contributed by atoms with Crippen LogP contribution in [0, 0.1) is 6.92 Å². The number of fused-ring (bicyclic) bond motifs is 1. The molecular weight excluding hydrogens is 458 g/mol. The lowest BCUT2D eigenvalue weighted by Gasteiger charge is -2.17. The summed E-state index contributed by atoms with van der Waals surface area (Å²) >= 11 is 0. The molecule has 8 nitrogen and oxygen atoms in total. The number of nitrogens with zero attached hydrogens (tertiary/aromatic N) is 3. The Morgan fingerprint density at radius 3 is 2.56 bits per heavy atom. The van der Waals surface area contributed by atoms with E-state index >= 15 is 0 Å². The number of hydrogen-bond acceptors (Lipinski definition) is 6. The van der Waals surface area contributed by atoms with Crippen molar-refractivity contribution in [3.8, 4) is 22.9 Å². The SMILES string of the molecule is COc1cc(C)c(-c2nc3ccccc3c(=O)n2N=Cc2ccccc2OCC(=O)O)cc1C(C)C. The highest BCUT2D eigenvalue weighted by atomic mass is 16.5. The van der Waals surface area contributed by atoms with Crippen molar-refractivity contribution in [2.45, 2.75) is 26.7 Å². The maximum Gasteiger partial charge on any atom is 0.341 e. The number of para-hydroxylation sites is 2. The fourth-order valence-corrected chi connectivity index (χ4v) is 3.95. The first-order valence-corrected chi connectivity index (χ1v) is 11.5. The van der Waals surface area contributed by atoms with Gasteiger partial charge >= 0.3 is 5.97 Å². The fraction of sp³-hybridized carbons (Fsp3) is 0.214. The highest BCUT2D eigenvalue weighted by Gasteiger charge is 2.18. The Kier molecular flexibility index (Phi) is 7.15. The molecule has 0 aliphatic heterocycles. The van der Waals surface area contributed by atoms with Crippen molar-refractivity contribution in [1.29, 1.82) is 0 Å². The van der Waals surface area contributed by atoms with E-state index in [4.69, 9.17) is 19.6 Å². The van der Waals surface area contributed by atoms with Gasteiger partial charge in [0.1, 0.15) is 11.5 Å². The summed E-state index contributed by atoms with van der Waals surface area (Å²) in [5.41, 5.74) is 3.40. The van der Waals surface area contributed by atoms with Crippen LogP contribution in [0.15, 0.2) is 70.6 Å². The quantitative estimate of drug-likeness (QED) is 0.358. The minimum Gasteiger partial charge on any atom is -0.496 e. The number of carbonyl (C=O) groups is 1. The van der Waals surface area contributed by atoms with Crippen molar-refractivity contribution in [3.05, 3.63) is 87.7 Å². The molecule has 0 aliphatic carbocycles. The zero-order chi connectivity index (χ0) is 25.8. The molecule has 1 aromatic heterocycles. The topological polar surface area (TPSA) is 103 Å². The van der Waals surface area contributed by atoms with Gasteiger partial charge in [0.25, 0.3) is 5.56 Å². The van der Waals surface area contributed by atoms with Crippen molar-refractivity contribution >= 4 is 23.1 Å². The standard InChI is InChI=1S/C28H27N3O5/c1-17(2)21-14-22(18(3)13-25(21)35-4)27-30-23-11-7-6-10-20(23)28(34)31(27)29-15-19-9-5-8-12-24(19)36-16-26(32)33/h5-15,17H,16H2,1-4H3,(H,32,33). The molecule has 0 fully saturated rings. The van der Waals surface area contributed by atoms with Gasteiger partial charge in [-0.05, 0) is 60.4 Å². The number of ether oxygens (including phenoxy) is 2. The van der Waals surface area contributed by atoms with E-state index in [1.807, 2.05) is 25.1 Å². The maximum absolute atomic E-state index is 13.6. The first kappa shape index (κ1) is 24.7. The van der Waals surface area contributed by atoms with Crippen molar-refractivity contribution < 1.29 is 19.4 Å². The van der Waals surface area contributed by atoms with Crippen molar-refractivity contribution in [2.24, 2.45) is 5.10 Å². The van der Waals surface area contributed by atoms with Crippen LogP contribution in [-0.2, 0) is 4.79 Å². The molecule has 0 atom stereocenters. The minimum absolute atomic E-state index is 0.182. The number of methoxy groups -OCH3 is 1. The molecule has 0 amide bonds. The van der Waals surface area contributed by atoms with Gasteiger partial charge in [0.15, 0.2) is 12.4 Å². The van der Waals surface area contributed by atoms with E-state index in [1.54, 1.807) is 49.6 Å². The Hall–Kier alpha value is -4.46.